The maximum absolute atomic E-state index is 12.6. The van der Waals surface area contributed by atoms with Crippen molar-refractivity contribution < 1.29 is 43.0 Å². The van der Waals surface area contributed by atoms with E-state index >= 15 is 0 Å². The van der Waals surface area contributed by atoms with Gasteiger partial charge in [0.05, 0.1) is 51.9 Å². The molecule has 0 saturated carbocycles. The van der Waals surface area contributed by atoms with Gasteiger partial charge >= 0.3 is 11.9 Å². The van der Waals surface area contributed by atoms with Gasteiger partial charge in [-0.2, -0.15) is 0 Å². The van der Waals surface area contributed by atoms with Crippen LogP contribution in [0.3, 0.4) is 0 Å². The zero-order chi connectivity index (χ0) is 21.8. The Kier molecular flexibility index (Phi) is 9.55. The second-order valence-corrected chi connectivity index (χ2v) is 7.97. The average Bonchev–Trinajstić information content (AvgIpc) is 2.70. The van der Waals surface area contributed by atoms with Crippen LogP contribution in [0.15, 0.2) is 46.8 Å². The van der Waals surface area contributed by atoms with Gasteiger partial charge in [-0.15, -0.1) is 0 Å². The summed E-state index contributed by atoms with van der Waals surface area (Å²) in [6.07, 6.45) is 2.29. The minimum Gasteiger partial charge on any atom is -1.00 e. The van der Waals surface area contributed by atoms with Gasteiger partial charge in [-0.3, -0.25) is 4.48 Å². The molecule has 6 nitrogen and oxygen atoms in total. The summed E-state index contributed by atoms with van der Waals surface area (Å²) in [7, 11) is 7.06. The summed E-state index contributed by atoms with van der Waals surface area (Å²) in [5.74, 6) is -1.47. The fraction of sp³-hybridized carbons (Fsp3) is 0.478. The van der Waals surface area contributed by atoms with Crippen LogP contribution in [0.25, 0.3) is 0 Å². The lowest BCUT2D eigenvalue weighted by Crippen LogP contribution is -3.00. The number of methoxy groups -OCH3 is 2. The van der Waals surface area contributed by atoms with E-state index in [1.54, 1.807) is 0 Å². The molecule has 0 spiro atoms. The smallest absolute Gasteiger partial charge is 0.336 e. The van der Waals surface area contributed by atoms with Crippen LogP contribution in [0.5, 0.6) is 0 Å². The molecular formula is C23H33IN2O4. The van der Waals surface area contributed by atoms with E-state index < -0.39 is 17.9 Å². The Balaban J connectivity index is 0.00000450. The van der Waals surface area contributed by atoms with Crippen molar-refractivity contribution in [2.45, 2.75) is 39.5 Å². The minimum atomic E-state index is -0.545. The summed E-state index contributed by atoms with van der Waals surface area (Å²) in [6.45, 7) is 6.86. The van der Waals surface area contributed by atoms with E-state index in [2.05, 4.69) is 38.5 Å². The molecule has 166 valence electrons. The normalized spacial score (nSPS) is 14.8. The average molecular weight is 528 g/mol. The molecule has 30 heavy (non-hydrogen) atoms. The number of hydrogen-bond donors (Lipinski definition) is 1. The Morgan fingerprint density at radius 2 is 1.43 bits per heavy atom. The third kappa shape index (κ3) is 5.43. The van der Waals surface area contributed by atoms with E-state index in [1.807, 2.05) is 26.0 Å². The number of halogens is 1. The van der Waals surface area contributed by atoms with Gasteiger partial charge in [-0.1, -0.05) is 25.5 Å². The lowest BCUT2D eigenvalue weighted by molar-refractivity contribution is -0.137. The fourth-order valence-electron chi connectivity index (χ4n) is 3.84. The number of ether oxygens (including phenoxy) is 2. The summed E-state index contributed by atoms with van der Waals surface area (Å²) in [6, 6.07) is 8.12. The molecule has 2 rings (SSSR count). The molecule has 0 aliphatic carbocycles. The highest BCUT2D eigenvalue weighted by Crippen LogP contribution is 2.39. The summed E-state index contributed by atoms with van der Waals surface area (Å²) in [4.78, 5) is 25.1. The van der Waals surface area contributed by atoms with Crippen LogP contribution in [0.2, 0.25) is 0 Å². The Labute approximate surface area is 196 Å². The number of rotatable bonds is 7. The third-order valence-electron chi connectivity index (χ3n) is 5.57. The van der Waals surface area contributed by atoms with Crippen LogP contribution < -0.4 is 33.8 Å². The third-order valence-corrected chi connectivity index (χ3v) is 5.57. The number of quaternary nitrogens is 1. The molecule has 0 atom stereocenters. The van der Waals surface area contributed by atoms with Crippen LogP contribution in [0, 0.1) is 0 Å². The predicted octanol–water partition coefficient (Wildman–Crippen LogP) is 0.638. The van der Waals surface area contributed by atoms with Gasteiger partial charge in [0, 0.05) is 11.4 Å². The van der Waals surface area contributed by atoms with Gasteiger partial charge in [0.25, 0.3) is 0 Å². The first-order chi connectivity index (χ1) is 13.7. The van der Waals surface area contributed by atoms with E-state index in [4.69, 9.17) is 9.47 Å². The number of carbonyl (C=O) groups is 2. The quantitative estimate of drug-likeness (QED) is 0.320. The van der Waals surface area contributed by atoms with Gasteiger partial charge in [0.15, 0.2) is 0 Å². The van der Waals surface area contributed by atoms with Crippen LogP contribution >= 0.6 is 0 Å². The number of hydrogen-bond acceptors (Lipinski definition) is 5. The molecule has 0 radical (unpaired) electrons. The lowest BCUT2D eigenvalue weighted by Gasteiger charge is -2.31. The Morgan fingerprint density at radius 3 is 1.83 bits per heavy atom. The number of carbonyl (C=O) groups excluding carboxylic acids is 2. The molecule has 1 heterocycles. The Hall–Kier alpha value is -1.87. The molecule has 0 bridgehead atoms. The van der Waals surface area contributed by atoms with Crippen molar-refractivity contribution >= 4 is 17.6 Å². The van der Waals surface area contributed by atoms with Gasteiger partial charge < -0.3 is 38.8 Å². The monoisotopic (exact) mass is 528 g/mol. The van der Waals surface area contributed by atoms with E-state index in [9.17, 15) is 9.59 Å². The Bertz CT molecular complexity index is 803. The van der Waals surface area contributed by atoms with Crippen molar-refractivity contribution in [3.05, 3.63) is 52.4 Å². The van der Waals surface area contributed by atoms with Crippen LogP contribution in [0.1, 0.15) is 45.1 Å². The first kappa shape index (κ1) is 26.2. The maximum Gasteiger partial charge on any atom is 0.336 e. The largest absolute Gasteiger partial charge is 1.00 e. The van der Waals surface area contributed by atoms with Crippen LogP contribution in [-0.4, -0.2) is 46.8 Å². The number of dihydropyridines is 1. The highest BCUT2D eigenvalue weighted by molar-refractivity contribution is 5.99. The van der Waals surface area contributed by atoms with Crippen molar-refractivity contribution in [1.82, 2.24) is 9.80 Å². The van der Waals surface area contributed by atoms with Crippen molar-refractivity contribution in [1.29, 1.82) is 0 Å². The molecule has 0 aromatic heterocycles. The molecule has 1 aliphatic heterocycles. The maximum atomic E-state index is 12.6. The molecule has 0 amide bonds. The van der Waals surface area contributed by atoms with E-state index in [0.29, 0.717) is 22.5 Å². The molecule has 0 unspecified atom stereocenters. The van der Waals surface area contributed by atoms with Crippen molar-refractivity contribution in [3.8, 4) is 0 Å². The first-order valence-corrected chi connectivity index (χ1v) is 9.96. The number of benzene rings is 1. The number of allylic oxidation sites excluding steroid dienone is 2. The topological polar surface area (TPSA) is 64.6 Å². The van der Waals surface area contributed by atoms with Crippen LogP contribution in [0.4, 0.5) is 5.69 Å². The molecule has 0 fully saturated rings. The lowest BCUT2D eigenvalue weighted by atomic mass is 9.80. The standard InChI is InChI=1S/C23H32N2O4.HI/c1-8-9-14-25(4,5)18-12-10-17(11-13-18)21-19(22(26)28-6)15(2)24-16(3)20(21)23(27)29-7;/h10-13,21H,8-9,14H2,1-7H3;1H. The fourth-order valence-corrected chi connectivity index (χ4v) is 3.84. The van der Waals surface area contributed by atoms with Crippen molar-refractivity contribution in [3.63, 3.8) is 0 Å². The summed E-state index contributed by atoms with van der Waals surface area (Å²) >= 11 is 0. The highest BCUT2D eigenvalue weighted by Gasteiger charge is 2.37. The van der Waals surface area contributed by atoms with Crippen molar-refractivity contribution in [2.24, 2.45) is 0 Å². The number of nitrogens with zero attached hydrogens (tertiary/aromatic N) is 1. The van der Waals surface area contributed by atoms with E-state index in [0.717, 1.165) is 29.4 Å². The van der Waals surface area contributed by atoms with E-state index in [1.165, 1.54) is 19.9 Å². The Morgan fingerprint density at radius 1 is 0.967 bits per heavy atom. The molecular weight excluding hydrogens is 495 g/mol. The molecule has 1 aromatic carbocycles. The van der Waals surface area contributed by atoms with Gasteiger partial charge in [0.1, 0.15) is 5.69 Å². The SMILES string of the molecule is CCCC[N+](C)(C)c1ccc(C2C(C(=O)OC)=C(C)NC(C)=C2C(=O)OC)cc1.[I-]. The van der Waals surface area contributed by atoms with Gasteiger partial charge in [-0.25, -0.2) is 9.59 Å². The number of nitrogens with one attached hydrogen (secondary N) is 1. The van der Waals surface area contributed by atoms with Gasteiger partial charge in [-0.05, 0) is 38.0 Å². The first-order valence-electron chi connectivity index (χ1n) is 9.96. The molecule has 1 aliphatic rings. The van der Waals surface area contributed by atoms with Gasteiger partial charge in [0.2, 0.25) is 0 Å². The zero-order valence-electron chi connectivity index (χ0n) is 19.0. The predicted molar refractivity (Wildman–Crippen MR) is 115 cm³/mol. The molecule has 1 N–H and O–H groups in total. The highest BCUT2D eigenvalue weighted by atomic mass is 127. The second-order valence-electron chi connectivity index (χ2n) is 7.97. The zero-order valence-corrected chi connectivity index (χ0v) is 21.1. The second kappa shape index (κ2) is 10.9. The number of unbranched alkanes of at least 4 members (excludes halogenated alkanes) is 1. The summed E-state index contributed by atoms with van der Waals surface area (Å²) in [5.41, 5.74) is 4.23. The molecule has 0 saturated heterocycles. The van der Waals surface area contributed by atoms with Crippen LogP contribution in [-0.2, 0) is 19.1 Å². The number of esters is 2. The molecule has 1 aromatic rings. The van der Waals surface area contributed by atoms with E-state index in [-0.39, 0.29) is 24.0 Å². The summed E-state index contributed by atoms with van der Waals surface area (Å²) in [5, 5.41) is 3.12. The van der Waals surface area contributed by atoms with Crippen molar-refractivity contribution in [2.75, 3.05) is 34.9 Å². The summed E-state index contributed by atoms with van der Waals surface area (Å²) < 4.78 is 10.8. The minimum absolute atomic E-state index is 0. The molecule has 7 heteroatoms.